The first-order chi connectivity index (χ1) is 8.16. The molecule has 1 amide bonds. The fourth-order valence-corrected chi connectivity index (χ4v) is 2.76. The molecule has 0 aromatic carbocycles. The van der Waals surface area contributed by atoms with Gasteiger partial charge in [0.05, 0.1) is 6.04 Å². The van der Waals surface area contributed by atoms with E-state index in [0.29, 0.717) is 12.0 Å². The molecule has 6 nitrogen and oxygen atoms in total. The Bertz CT molecular complexity index is 294. The SMILES string of the molecule is O=C(O)CONC(=O)C1CC2CCCCC2N1. The summed E-state index contributed by atoms with van der Waals surface area (Å²) >= 11 is 0. The predicted octanol–water partition coefficient (Wildman–Crippen LogP) is 0.0395. The highest BCUT2D eigenvalue weighted by Gasteiger charge is 2.38. The van der Waals surface area contributed by atoms with Gasteiger partial charge in [0.25, 0.3) is 5.91 Å². The molecule has 0 radical (unpaired) electrons. The van der Waals surface area contributed by atoms with E-state index in [-0.39, 0.29) is 11.9 Å². The number of hydrogen-bond donors (Lipinski definition) is 3. The lowest BCUT2D eigenvalue weighted by molar-refractivity contribution is -0.149. The first kappa shape index (κ1) is 12.3. The highest BCUT2D eigenvalue weighted by atomic mass is 16.7. The number of hydrogen-bond acceptors (Lipinski definition) is 4. The second kappa shape index (κ2) is 5.46. The van der Waals surface area contributed by atoms with Crippen LogP contribution in [0.5, 0.6) is 0 Å². The fraction of sp³-hybridized carbons (Fsp3) is 0.818. The topological polar surface area (TPSA) is 87.7 Å². The Balaban J connectivity index is 1.75. The molecule has 3 atom stereocenters. The molecule has 96 valence electrons. The van der Waals surface area contributed by atoms with Crippen LogP contribution >= 0.6 is 0 Å². The number of carbonyl (C=O) groups is 2. The summed E-state index contributed by atoms with van der Waals surface area (Å²) in [6.45, 7) is -0.509. The Hall–Kier alpha value is -1.14. The summed E-state index contributed by atoms with van der Waals surface area (Å²) in [5, 5.41) is 11.7. The summed E-state index contributed by atoms with van der Waals surface area (Å²) in [7, 11) is 0. The molecule has 1 saturated carbocycles. The number of aliphatic carboxylic acids is 1. The smallest absolute Gasteiger partial charge is 0.332 e. The van der Waals surface area contributed by atoms with E-state index in [2.05, 4.69) is 15.6 Å². The number of amides is 1. The fourth-order valence-electron chi connectivity index (χ4n) is 2.76. The quantitative estimate of drug-likeness (QED) is 0.606. The number of hydroxylamine groups is 1. The maximum Gasteiger partial charge on any atom is 0.332 e. The molecule has 2 fully saturated rings. The van der Waals surface area contributed by atoms with Crippen molar-refractivity contribution in [3.05, 3.63) is 0 Å². The lowest BCUT2D eigenvalue weighted by Crippen LogP contribution is -2.43. The Morgan fingerprint density at radius 2 is 2.12 bits per heavy atom. The summed E-state index contributed by atoms with van der Waals surface area (Å²) < 4.78 is 0. The molecule has 2 rings (SSSR count). The van der Waals surface area contributed by atoms with E-state index in [1.807, 2.05) is 0 Å². The molecule has 6 heteroatoms. The Morgan fingerprint density at radius 1 is 1.35 bits per heavy atom. The van der Waals surface area contributed by atoms with Crippen LogP contribution in [0.25, 0.3) is 0 Å². The zero-order valence-corrected chi connectivity index (χ0v) is 9.65. The molecule has 0 spiro atoms. The molecule has 0 aromatic heterocycles. The van der Waals surface area contributed by atoms with Crippen LogP contribution in [-0.4, -0.2) is 35.7 Å². The van der Waals surface area contributed by atoms with Gasteiger partial charge >= 0.3 is 5.97 Å². The van der Waals surface area contributed by atoms with Gasteiger partial charge in [-0.25, -0.2) is 10.3 Å². The third kappa shape index (κ3) is 3.17. The lowest BCUT2D eigenvalue weighted by Gasteiger charge is -2.24. The molecule has 1 aliphatic carbocycles. The molecule has 17 heavy (non-hydrogen) atoms. The Morgan fingerprint density at radius 3 is 2.82 bits per heavy atom. The highest BCUT2D eigenvalue weighted by Crippen LogP contribution is 2.33. The van der Waals surface area contributed by atoms with Crippen molar-refractivity contribution in [2.45, 2.75) is 44.2 Å². The van der Waals surface area contributed by atoms with Crippen LogP contribution in [0.15, 0.2) is 0 Å². The molecular weight excluding hydrogens is 224 g/mol. The van der Waals surface area contributed by atoms with Crippen molar-refractivity contribution < 1.29 is 19.5 Å². The maximum atomic E-state index is 11.7. The second-order valence-electron chi connectivity index (χ2n) is 4.75. The van der Waals surface area contributed by atoms with E-state index in [0.717, 1.165) is 12.8 Å². The van der Waals surface area contributed by atoms with Crippen molar-refractivity contribution in [1.82, 2.24) is 10.8 Å². The standard InChI is InChI=1S/C11H18N2O4/c14-10(15)6-17-13-11(16)9-5-7-3-1-2-4-8(7)12-9/h7-9,12H,1-6H2,(H,13,16)(H,14,15). The first-order valence-corrected chi connectivity index (χ1v) is 6.06. The normalized spacial score (nSPS) is 31.9. The number of nitrogens with one attached hydrogen (secondary N) is 2. The average molecular weight is 242 g/mol. The average Bonchev–Trinajstić information content (AvgIpc) is 2.71. The molecule has 1 heterocycles. The molecule has 2 aliphatic rings. The molecular formula is C11H18N2O4. The van der Waals surface area contributed by atoms with Gasteiger partial charge in [-0.2, -0.15) is 0 Å². The maximum absolute atomic E-state index is 11.7. The van der Waals surface area contributed by atoms with Crippen molar-refractivity contribution in [3.63, 3.8) is 0 Å². The minimum Gasteiger partial charge on any atom is -0.479 e. The van der Waals surface area contributed by atoms with Crippen LogP contribution in [0.4, 0.5) is 0 Å². The summed E-state index contributed by atoms with van der Waals surface area (Å²) in [6, 6.07) is 0.205. The van der Waals surface area contributed by atoms with Crippen LogP contribution in [0, 0.1) is 5.92 Å². The van der Waals surface area contributed by atoms with Crippen LogP contribution in [0.1, 0.15) is 32.1 Å². The molecule has 3 N–H and O–H groups in total. The van der Waals surface area contributed by atoms with E-state index < -0.39 is 12.6 Å². The van der Waals surface area contributed by atoms with E-state index in [1.54, 1.807) is 0 Å². The zero-order chi connectivity index (χ0) is 12.3. The summed E-state index contributed by atoms with van der Waals surface area (Å²) in [5.41, 5.74) is 2.18. The number of fused-ring (bicyclic) bond motifs is 1. The third-order valence-corrected chi connectivity index (χ3v) is 3.55. The third-order valence-electron chi connectivity index (χ3n) is 3.55. The molecule has 1 aliphatic heterocycles. The van der Waals surface area contributed by atoms with Crippen LogP contribution in [0.3, 0.4) is 0 Å². The highest BCUT2D eigenvalue weighted by molar-refractivity contribution is 5.81. The Kier molecular flexibility index (Phi) is 3.96. The molecule has 3 unspecified atom stereocenters. The van der Waals surface area contributed by atoms with Gasteiger partial charge in [-0.15, -0.1) is 0 Å². The van der Waals surface area contributed by atoms with E-state index >= 15 is 0 Å². The van der Waals surface area contributed by atoms with Gasteiger partial charge in [0.2, 0.25) is 0 Å². The molecule has 1 saturated heterocycles. The summed E-state index contributed by atoms with van der Waals surface area (Å²) in [6.07, 6.45) is 5.60. The zero-order valence-electron chi connectivity index (χ0n) is 9.65. The number of carbonyl (C=O) groups excluding carboxylic acids is 1. The van der Waals surface area contributed by atoms with Gasteiger partial charge in [-0.05, 0) is 25.2 Å². The molecule has 0 aromatic rings. The van der Waals surface area contributed by atoms with Gasteiger partial charge in [-0.1, -0.05) is 12.8 Å². The van der Waals surface area contributed by atoms with E-state index in [1.165, 1.54) is 19.3 Å². The van der Waals surface area contributed by atoms with E-state index in [9.17, 15) is 9.59 Å². The Labute approximate surface area is 99.7 Å². The van der Waals surface area contributed by atoms with Crippen molar-refractivity contribution in [2.75, 3.05) is 6.61 Å². The van der Waals surface area contributed by atoms with Crippen molar-refractivity contribution in [2.24, 2.45) is 5.92 Å². The van der Waals surface area contributed by atoms with Crippen LogP contribution in [-0.2, 0) is 14.4 Å². The van der Waals surface area contributed by atoms with Gasteiger partial charge < -0.3 is 10.4 Å². The van der Waals surface area contributed by atoms with E-state index in [4.69, 9.17) is 5.11 Å². The minimum atomic E-state index is -1.10. The summed E-state index contributed by atoms with van der Waals surface area (Å²) in [4.78, 5) is 26.5. The minimum absolute atomic E-state index is 0.239. The second-order valence-corrected chi connectivity index (χ2v) is 4.75. The monoisotopic (exact) mass is 242 g/mol. The van der Waals surface area contributed by atoms with Gasteiger partial charge in [-0.3, -0.25) is 9.63 Å². The number of rotatable bonds is 4. The van der Waals surface area contributed by atoms with Crippen LogP contribution in [0.2, 0.25) is 0 Å². The van der Waals surface area contributed by atoms with Gasteiger partial charge in [0.15, 0.2) is 6.61 Å². The van der Waals surface area contributed by atoms with Crippen molar-refractivity contribution in [3.8, 4) is 0 Å². The van der Waals surface area contributed by atoms with Crippen molar-refractivity contribution in [1.29, 1.82) is 0 Å². The summed E-state index contributed by atoms with van der Waals surface area (Å²) in [5.74, 6) is -0.780. The molecule has 0 bridgehead atoms. The number of carboxylic acid groups (broad SMARTS) is 1. The first-order valence-electron chi connectivity index (χ1n) is 6.06. The lowest BCUT2D eigenvalue weighted by atomic mass is 9.85. The predicted molar refractivity (Wildman–Crippen MR) is 59.0 cm³/mol. The van der Waals surface area contributed by atoms with Gasteiger partial charge in [0, 0.05) is 6.04 Å². The largest absolute Gasteiger partial charge is 0.479 e. The van der Waals surface area contributed by atoms with Crippen LogP contribution < -0.4 is 10.8 Å². The van der Waals surface area contributed by atoms with Crippen molar-refractivity contribution >= 4 is 11.9 Å². The number of carboxylic acids is 1. The van der Waals surface area contributed by atoms with Gasteiger partial charge in [0.1, 0.15) is 0 Å².